The Bertz CT molecular complexity index is 135. The molecule has 0 amide bonds. The lowest BCUT2D eigenvalue weighted by Gasteiger charge is -2.16. The van der Waals surface area contributed by atoms with Crippen molar-refractivity contribution in [3.8, 4) is 0 Å². The molecule has 2 rings (SSSR count). The van der Waals surface area contributed by atoms with Crippen LogP contribution in [0.1, 0.15) is 38.5 Å². The first-order valence-corrected chi connectivity index (χ1v) is 5.35. The van der Waals surface area contributed by atoms with E-state index in [0.29, 0.717) is 6.04 Å². The summed E-state index contributed by atoms with van der Waals surface area (Å²) in [5.74, 6) is 0.846. The molecule has 0 aliphatic heterocycles. The Morgan fingerprint density at radius 3 is 2.42 bits per heavy atom. The minimum atomic E-state index is 0.436. The van der Waals surface area contributed by atoms with Gasteiger partial charge in [0.2, 0.25) is 0 Å². The summed E-state index contributed by atoms with van der Waals surface area (Å²) in [7, 11) is 0. The maximum absolute atomic E-state index is 5.99. The largest absolute Gasteiger partial charge is 0.326 e. The van der Waals surface area contributed by atoms with Crippen molar-refractivity contribution in [3.63, 3.8) is 0 Å². The summed E-state index contributed by atoms with van der Waals surface area (Å²) >= 11 is 0. The van der Waals surface area contributed by atoms with Crippen LogP contribution >= 0.6 is 0 Å². The fourth-order valence-electron chi connectivity index (χ4n) is 2.12. The van der Waals surface area contributed by atoms with Gasteiger partial charge in [0, 0.05) is 18.6 Å². The average Bonchev–Trinajstić information content (AvgIpc) is 2.80. The average molecular weight is 168 g/mol. The van der Waals surface area contributed by atoms with Crippen LogP contribution < -0.4 is 11.1 Å². The molecule has 2 heteroatoms. The lowest BCUT2D eigenvalue weighted by atomic mass is 10.2. The molecule has 2 aliphatic carbocycles. The zero-order chi connectivity index (χ0) is 8.39. The molecule has 0 spiro atoms. The third kappa shape index (κ3) is 2.20. The highest BCUT2D eigenvalue weighted by Gasteiger charge is 2.28. The molecule has 2 nitrogen and oxygen atoms in total. The summed E-state index contributed by atoms with van der Waals surface area (Å²) in [5.41, 5.74) is 5.99. The Labute approximate surface area is 74.9 Å². The third-order valence-electron chi connectivity index (χ3n) is 3.22. The van der Waals surface area contributed by atoms with Gasteiger partial charge in [-0.2, -0.15) is 0 Å². The van der Waals surface area contributed by atoms with Crippen molar-refractivity contribution in [1.82, 2.24) is 5.32 Å². The highest BCUT2D eigenvalue weighted by Crippen LogP contribution is 2.31. The van der Waals surface area contributed by atoms with Crippen LogP contribution in [0.3, 0.4) is 0 Å². The lowest BCUT2D eigenvalue weighted by molar-refractivity contribution is 0.462. The van der Waals surface area contributed by atoms with Crippen molar-refractivity contribution >= 4 is 0 Å². The Morgan fingerprint density at radius 2 is 1.83 bits per heavy atom. The maximum atomic E-state index is 5.99. The van der Waals surface area contributed by atoms with Gasteiger partial charge in [-0.3, -0.25) is 0 Å². The molecule has 0 bridgehead atoms. The fraction of sp³-hybridized carbons (Fsp3) is 1.00. The smallest absolute Gasteiger partial charge is 0.0194 e. The molecule has 0 radical (unpaired) electrons. The second-order valence-electron chi connectivity index (χ2n) is 4.39. The van der Waals surface area contributed by atoms with Crippen LogP contribution in [0.5, 0.6) is 0 Å². The van der Waals surface area contributed by atoms with E-state index in [0.717, 1.165) is 18.5 Å². The Morgan fingerprint density at radius 1 is 1.17 bits per heavy atom. The second-order valence-corrected chi connectivity index (χ2v) is 4.39. The van der Waals surface area contributed by atoms with Crippen molar-refractivity contribution in [2.45, 2.75) is 50.6 Å². The Hall–Kier alpha value is -0.0800. The molecule has 0 heterocycles. The Balaban J connectivity index is 1.60. The molecule has 12 heavy (non-hydrogen) atoms. The molecule has 2 fully saturated rings. The van der Waals surface area contributed by atoms with E-state index in [1.54, 1.807) is 0 Å². The van der Waals surface area contributed by atoms with E-state index in [1.807, 2.05) is 0 Å². The van der Waals surface area contributed by atoms with E-state index < -0.39 is 0 Å². The first-order valence-electron chi connectivity index (χ1n) is 5.35. The molecule has 0 aromatic rings. The van der Waals surface area contributed by atoms with Crippen molar-refractivity contribution in [1.29, 1.82) is 0 Å². The maximum Gasteiger partial charge on any atom is 0.0194 e. The minimum Gasteiger partial charge on any atom is -0.326 e. The van der Waals surface area contributed by atoms with Crippen molar-refractivity contribution < 1.29 is 0 Å². The first-order chi connectivity index (χ1) is 5.86. The van der Waals surface area contributed by atoms with Crippen molar-refractivity contribution in [2.75, 3.05) is 6.54 Å². The lowest BCUT2D eigenvalue weighted by Crippen LogP contribution is -2.39. The van der Waals surface area contributed by atoms with E-state index in [9.17, 15) is 0 Å². The third-order valence-corrected chi connectivity index (χ3v) is 3.22. The molecule has 2 saturated carbocycles. The number of rotatable bonds is 4. The molecular weight excluding hydrogens is 148 g/mol. The quantitative estimate of drug-likeness (QED) is 0.663. The molecular formula is C10H20N2. The summed E-state index contributed by atoms with van der Waals surface area (Å²) in [6.07, 6.45) is 8.31. The zero-order valence-electron chi connectivity index (χ0n) is 7.76. The monoisotopic (exact) mass is 168 g/mol. The summed E-state index contributed by atoms with van der Waals surface area (Å²) in [6.45, 7) is 1.05. The van der Waals surface area contributed by atoms with Gasteiger partial charge in [-0.1, -0.05) is 12.8 Å². The molecule has 0 aromatic carbocycles. The molecule has 3 N–H and O–H groups in total. The fourth-order valence-corrected chi connectivity index (χ4v) is 2.12. The number of nitrogens with one attached hydrogen (secondary N) is 1. The molecule has 1 unspecified atom stereocenters. The van der Waals surface area contributed by atoms with E-state index in [4.69, 9.17) is 5.73 Å². The van der Waals surface area contributed by atoms with Crippen LogP contribution in [0.4, 0.5) is 0 Å². The number of nitrogens with two attached hydrogens (primary N) is 1. The predicted octanol–water partition coefficient (Wildman–Crippen LogP) is 1.26. The number of hydrogen-bond acceptors (Lipinski definition) is 2. The van der Waals surface area contributed by atoms with Gasteiger partial charge in [0.15, 0.2) is 0 Å². The highest BCUT2D eigenvalue weighted by molar-refractivity contribution is 4.86. The number of hydrogen-bond donors (Lipinski definition) is 2. The van der Waals surface area contributed by atoms with Gasteiger partial charge >= 0.3 is 0 Å². The van der Waals surface area contributed by atoms with Gasteiger partial charge in [0.1, 0.15) is 0 Å². The Kier molecular flexibility index (Phi) is 2.66. The molecule has 70 valence electrons. The topological polar surface area (TPSA) is 38.0 Å². The highest BCUT2D eigenvalue weighted by atomic mass is 14.9. The normalized spacial score (nSPS) is 27.8. The van der Waals surface area contributed by atoms with Crippen LogP contribution in [0, 0.1) is 5.92 Å². The van der Waals surface area contributed by atoms with Gasteiger partial charge in [-0.15, -0.1) is 0 Å². The van der Waals surface area contributed by atoms with Gasteiger partial charge in [-0.25, -0.2) is 0 Å². The molecule has 2 aliphatic rings. The standard InChI is InChI=1S/C10H20N2/c11-10(8-5-6-8)7-12-9-3-1-2-4-9/h8-10,12H,1-7,11H2. The van der Waals surface area contributed by atoms with E-state index in [2.05, 4.69) is 5.32 Å². The molecule has 0 aromatic heterocycles. The SMILES string of the molecule is NC(CNC1CCCC1)C1CC1. The first kappa shape index (κ1) is 8.52. The van der Waals surface area contributed by atoms with Gasteiger partial charge in [0.25, 0.3) is 0 Å². The summed E-state index contributed by atoms with van der Waals surface area (Å²) in [5, 5.41) is 3.58. The summed E-state index contributed by atoms with van der Waals surface area (Å²) < 4.78 is 0. The molecule has 0 saturated heterocycles. The van der Waals surface area contributed by atoms with Crippen LogP contribution in [0.25, 0.3) is 0 Å². The van der Waals surface area contributed by atoms with E-state index in [1.165, 1.54) is 38.5 Å². The van der Waals surface area contributed by atoms with Gasteiger partial charge in [-0.05, 0) is 31.6 Å². The summed E-state index contributed by atoms with van der Waals surface area (Å²) in [6, 6.07) is 1.22. The molecule has 1 atom stereocenters. The zero-order valence-corrected chi connectivity index (χ0v) is 7.76. The van der Waals surface area contributed by atoms with Crippen molar-refractivity contribution in [2.24, 2.45) is 11.7 Å². The second kappa shape index (κ2) is 3.75. The van der Waals surface area contributed by atoms with Crippen molar-refractivity contribution in [3.05, 3.63) is 0 Å². The van der Waals surface area contributed by atoms with E-state index >= 15 is 0 Å². The predicted molar refractivity (Wildman–Crippen MR) is 51.0 cm³/mol. The van der Waals surface area contributed by atoms with Crippen LogP contribution in [0.15, 0.2) is 0 Å². The van der Waals surface area contributed by atoms with Gasteiger partial charge < -0.3 is 11.1 Å². The van der Waals surface area contributed by atoms with Gasteiger partial charge in [0.05, 0.1) is 0 Å². The van der Waals surface area contributed by atoms with Crippen LogP contribution in [-0.4, -0.2) is 18.6 Å². The van der Waals surface area contributed by atoms with Crippen LogP contribution in [0.2, 0.25) is 0 Å². The minimum absolute atomic E-state index is 0.436. The van der Waals surface area contributed by atoms with Crippen LogP contribution in [-0.2, 0) is 0 Å². The summed E-state index contributed by atoms with van der Waals surface area (Å²) in [4.78, 5) is 0. The van der Waals surface area contributed by atoms with E-state index in [-0.39, 0.29) is 0 Å².